The highest BCUT2D eigenvalue weighted by Gasteiger charge is 2.12. The molecule has 0 saturated heterocycles. The van der Waals surface area contributed by atoms with Crippen LogP contribution in [-0.2, 0) is 16.0 Å². The fourth-order valence-electron chi connectivity index (χ4n) is 1.96. The van der Waals surface area contributed by atoms with Crippen LogP contribution in [0.25, 0.3) is 11.9 Å². The quantitative estimate of drug-likeness (QED) is 0.514. The largest absolute Gasteiger partial charge is 0.463 e. The number of rotatable bonds is 5. The summed E-state index contributed by atoms with van der Waals surface area (Å²) in [6.45, 7) is 4.06. The van der Waals surface area contributed by atoms with E-state index >= 15 is 0 Å². The summed E-state index contributed by atoms with van der Waals surface area (Å²) in [5.41, 5.74) is 7.27. The summed E-state index contributed by atoms with van der Waals surface area (Å²) in [7, 11) is 0. The molecule has 0 radical (unpaired) electrons. The standard InChI is InChI=1S/C14H16ClN5O2/c1-3-10-9(5-6-13(21)22-4-2)8-17-20(10)12-7-11(15)18-14(16)19-12/h5-8H,3-4H2,1-2H3,(H2,16,18,19). The van der Waals surface area contributed by atoms with Crippen molar-refractivity contribution >= 4 is 29.6 Å². The van der Waals surface area contributed by atoms with Crippen molar-refractivity contribution in [2.75, 3.05) is 12.3 Å². The zero-order valence-corrected chi connectivity index (χ0v) is 13.0. The Bertz CT molecular complexity index is 691. The van der Waals surface area contributed by atoms with Crippen molar-refractivity contribution in [3.8, 4) is 5.82 Å². The highest BCUT2D eigenvalue weighted by molar-refractivity contribution is 6.29. The predicted octanol–water partition coefficient (Wildman–Crippen LogP) is 2.04. The molecule has 2 rings (SSSR count). The van der Waals surface area contributed by atoms with Gasteiger partial charge in [-0.2, -0.15) is 10.1 Å². The maximum absolute atomic E-state index is 11.4. The van der Waals surface area contributed by atoms with E-state index in [0.29, 0.717) is 18.8 Å². The Hall–Kier alpha value is -2.41. The van der Waals surface area contributed by atoms with Gasteiger partial charge in [-0.25, -0.2) is 14.5 Å². The van der Waals surface area contributed by atoms with E-state index in [-0.39, 0.29) is 11.1 Å². The third-order valence-corrected chi connectivity index (χ3v) is 3.03. The second-order valence-electron chi connectivity index (χ2n) is 4.30. The summed E-state index contributed by atoms with van der Waals surface area (Å²) in [6.07, 6.45) is 5.35. The molecule has 2 aromatic heterocycles. The van der Waals surface area contributed by atoms with Crippen LogP contribution in [0.5, 0.6) is 0 Å². The van der Waals surface area contributed by atoms with Crippen LogP contribution in [0.1, 0.15) is 25.1 Å². The van der Waals surface area contributed by atoms with E-state index < -0.39 is 5.97 Å². The van der Waals surface area contributed by atoms with Gasteiger partial charge in [0.25, 0.3) is 0 Å². The number of hydrogen-bond acceptors (Lipinski definition) is 6. The highest BCUT2D eigenvalue weighted by atomic mass is 35.5. The molecule has 116 valence electrons. The molecule has 8 heteroatoms. The number of nitrogen functional groups attached to an aromatic ring is 1. The van der Waals surface area contributed by atoms with Crippen LogP contribution in [0.4, 0.5) is 5.95 Å². The molecule has 22 heavy (non-hydrogen) atoms. The summed E-state index contributed by atoms with van der Waals surface area (Å²) < 4.78 is 6.47. The lowest BCUT2D eigenvalue weighted by molar-refractivity contribution is -0.137. The lowest BCUT2D eigenvalue weighted by atomic mass is 10.2. The second kappa shape index (κ2) is 7.04. The maximum atomic E-state index is 11.4. The molecular formula is C14H16ClN5O2. The summed E-state index contributed by atoms with van der Waals surface area (Å²) in [4.78, 5) is 19.3. The summed E-state index contributed by atoms with van der Waals surface area (Å²) in [5, 5.41) is 4.51. The van der Waals surface area contributed by atoms with Gasteiger partial charge in [-0.3, -0.25) is 0 Å². The molecule has 0 unspecified atom stereocenters. The smallest absolute Gasteiger partial charge is 0.330 e. The van der Waals surface area contributed by atoms with Crippen molar-refractivity contribution < 1.29 is 9.53 Å². The first kappa shape index (κ1) is 16.0. The van der Waals surface area contributed by atoms with E-state index in [9.17, 15) is 4.79 Å². The molecule has 0 amide bonds. The number of ether oxygens (including phenoxy) is 1. The van der Waals surface area contributed by atoms with Gasteiger partial charge in [-0.1, -0.05) is 18.5 Å². The molecule has 7 nitrogen and oxygen atoms in total. The number of nitrogens with zero attached hydrogens (tertiary/aromatic N) is 4. The topological polar surface area (TPSA) is 95.9 Å². The Labute approximate surface area is 132 Å². The molecule has 0 aliphatic heterocycles. The van der Waals surface area contributed by atoms with Crippen LogP contribution in [-0.4, -0.2) is 32.3 Å². The Morgan fingerprint density at radius 1 is 1.45 bits per heavy atom. The van der Waals surface area contributed by atoms with Crippen molar-refractivity contribution in [3.63, 3.8) is 0 Å². The van der Waals surface area contributed by atoms with Crippen LogP contribution >= 0.6 is 11.6 Å². The molecule has 0 fully saturated rings. The molecule has 0 aromatic carbocycles. The highest BCUT2D eigenvalue weighted by Crippen LogP contribution is 2.18. The van der Waals surface area contributed by atoms with Crippen LogP contribution in [0.2, 0.25) is 5.15 Å². The van der Waals surface area contributed by atoms with Crippen molar-refractivity contribution in [2.24, 2.45) is 0 Å². The number of carbonyl (C=O) groups excluding carboxylic acids is 1. The predicted molar refractivity (Wildman–Crippen MR) is 83.6 cm³/mol. The van der Waals surface area contributed by atoms with Gasteiger partial charge in [-0.15, -0.1) is 0 Å². The van der Waals surface area contributed by atoms with Gasteiger partial charge >= 0.3 is 5.97 Å². The van der Waals surface area contributed by atoms with E-state index in [0.717, 1.165) is 11.3 Å². The van der Waals surface area contributed by atoms with Gasteiger partial charge in [0, 0.05) is 17.7 Å². The monoisotopic (exact) mass is 321 g/mol. The minimum Gasteiger partial charge on any atom is -0.463 e. The Kier molecular flexibility index (Phi) is 5.11. The Morgan fingerprint density at radius 3 is 2.86 bits per heavy atom. The minimum absolute atomic E-state index is 0.0728. The van der Waals surface area contributed by atoms with Crippen LogP contribution in [0, 0.1) is 0 Å². The first-order valence-corrected chi connectivity index (χ1v) is 7.15. The van der Waals surface area contributed by atoms with E-state index in [1.165, 1.54) is 6.08 Å². The first-order chi connectivity index (χ1) is 10.5. The molecule has 0 bridgehead atoms. The fraction of sp³-hybridized carbons (Fsp3) is 0.286. The van der Waals surface area contributed by atoms with E-state index in [1.807, 2.05) is 6.92 Å². The molecule has 0 spiro atoms. The number of esters is 1. The van der Waals surface area contributed by atoms with E-state index in [2.05, 4.69) is 15.1 Å². The summed E-state index contributed by atoms with van der Waals surface area (Å²) in [5.74, 6) is 0.153. The molecule has 0 aliphatic rings. The number of carbonyl (C=O) groups is 1. The number of halogens is 1. The third-order valence-electron chi connectivity index (χ3n) is 2.84. The van der Waals surface area contributed by atoms with Gasteiger partial charge in [0.15, 0.2) is 5.82 Å². The SMILES string of the molecule is CCOC(=O)C=Cc1cnn(-c2cc(Cl)nc(N)n2)c1CC. The molecule has 2 N–H and O–H groups in total. The summed E-state index contributed by atoms with van der Waals surface area (Å²) >= 11 is 5.89. The van der Waals surface area contributed by atoms with Gasteiger partial charge in [0.1, 0.15) is 5.15 Å². The van der Waals surface area contributed by atoms with Gasteiger partial charge < -0.3 is 10.5 Å². The van der Waals surface area contributed by atoms with Crippen molar-refractivity contribution in [3.05, 3.63) is 34.7 Å². The minimum atomic E-state index is -0.397. The molecule has 2 aromatic rings. The molecular weight excluding hydrogens is 306 g/mol. The number of hydrogen-bond donors (Lipinski definition) is 1. The normalized spacial score (nSPS) is 11.0. The van der Waals surface area contributed by atoms with Gasteiger partial charge in [0.05, 0.1) is 18.5 Å². The fourth-order valence-corrected chi connectivity index (χ4v) is 2.14. The molecule has 0 aliphatic carbocycles. The van der Waals surface area contributed by atoms with Gasteiger partial charge in [0.2, 0.25) is 5.95 Å². The number of nitrogens with two attached hydrogens (primary N) is 1. The Balaban J connectivity index is 2.37. The maximum Gasteiger partial charge on any atom is 0.330 e. The zero-order chi connectivity index (χ0) is 16.1. The average molecular weight is 322 g/mol. The third kappa shape index (κ3) is 3.62. The molecule has 2 heterocycles. The Morgan fingerprint density at radius 2 is 2.23 bits per heavy atom. The lowest BCUT2D eigenvalue weighted by Gasteiger charge is -2.06. The van der Waals surface area contributed by atoms with Crippen LogP contribution in [0.15, 0.2) is 18.3 Å². The average Bonchev–Trinajstić information content (AvgIpc) is 2.87. The van der Waals surface area contributed by atoms with Gasteiger partial charge in [-0.05, 0) is 19.4 Å². The first-order valence-electron chi connectivity index (χ1n) is 6.77. The van der Waals surface area contributed by atoms with E-state index in [4.69, 9.17) is 22.1 Å². The van der Waals surface area contributed by atoms with Crippen LogP contribution < -0.4 is 5.73 Å². The lowest BCUT2D eigenvalue weighted by Crippen LogP contribution is -2.07. The molecule has 0 atom stereocenters. The summed E-state index contributed by atoms with van der Waals surface area (Å²) in [6, 6.07) is 1.57. The molecule has 0 saturated carbocycles. The van der Waals surface area contributed by atoms with Crippen molar-refractivity contribution in [1.82, 2.24) is 19.7 Å². The number of anilines is 1. The second-order valence-corrected chi connectivity index (χ2v) is 4.69. The van der Waals surface area contributed by atoms with E-state index in [1.54, 1.807) is 29.9 Å². The number of aromatic nitrogens is 4. The van der Waals surface area contributed by atoms with Crippen molar-refractivity contribution in [1.29, 1.82) is 0 Å². The van der Waals surface area contributed by atoms with Crippen molar-refractivity contribution in [2.45, 2.75) is 20.3 Å². The van der Waals surface area contributed by atoms with Crippen LogP contribution in [0.3, 0.4) is 0 Å². The zero-order valence-electron chi connectivity index (χ0n) is 12.3.